The average Bonchev–Trinajstić information content (AvgIpc) is 2.87. The normalized spacial score (nSPS) is 12.9. The van der Waals surface area contributed by atoms with Gasteiger partial charge in [0.15, 0.2) is 11.5 Å². The van der Waals surface area contributed by atoms with Crippen molar-refractivity contribution >= 4 is 52.3 Å². The van der Waals surface area contributed by atoms with E-state index in [0.717, 1.165) is 6.42 Å². The molecule has 1 aliphatic heterocycles. The lowest BCUT2D eigenvalue weighted by atomic mass is 10.2. The van der Waals surface area contributed by atoms with Crippen molar-refractivity contribution in [3.05, 3.63) is 51.0 Å². The standard InChI is InChI=1S/C18H15Cl3N2O4/c19-11-3-2-10(6-12(11)20)18(25)22-9-17(24)23-14-8-16-15(7-13(14)21)26-4-1-5-27-16/h2-3,6-8H,1,4-5,9H2,(H,22,25)(H,23,24). The van der Waals surface area contributed by atoms with Crippen molar-refractivity contribution in [2.75, 3.05) is 25.1 Å². The largest absolute Gasteiger partial charge is 0.490 e. The molecule has 0 unspecified atom stereocenters. The Morgan fingerprint density at radius 3 is 2.33 bits per heavy atom. The predicted octanol–water partition coefficient (Wildman–Crippen LogP) is 4.18. The van der Waals surface area contributed by atoms with Crippen LogP contribution in [0, 0.1) is 0 Å². The van der Waals surface area contributed by atoms with Crippen LogP contribution in [0.1, 0.15) is 16.8 Å². The molecule has 2 aromatic rings. The fraction of sp³-hybridized carbons (Fsp3) is 0.222. The second kappa shape index (κ2) is 8.69. The van der Waals surface area contributed by atoms with E-state index in [2.05, 4.69) is 10.6 Å². The Balaban J connectivity index is 1.61. The van der Waals surface area contributed by atoms with Crippen LogP contribution < -0.4 is 20.1 Å². The van der Waals surface area contributed by atoms with Gasteiger partial charge in [0.05, 0.1) is 40.5 Å². The molecule has 0 saturated carbocycles. The van der Waals surface area contributed by atoms with E-state index in [1.165, 1.54) is 18.2 Å². The Labute approximate surface area is 170 Å². The van der Waals surface area contributed by atoms with Gasteiger partial charge in [-0.15, -0.1) is 0 Å². The lowest BCUT2D eigenvalue weighted by molar-refractivity contribution is -0.115. The van der Waals surface area contributed by atoms with Crippen molar-refractivity contribution in [1.82, 2.24) is 5.32 Å². The molecule has 0 atom stereocenters. The fourth-order valence-corrected chi connectivity index (χ4v) is 2.87. The van der Waals surface area contributed by atoms with Crippen LogP contribution in [0.3, 0.4) is 0 Å². The molecule has 0 aromatic heterocycles. The number of hydrogen-bond donors (Lipinski definition) is 2. The smallest absolute Gasteiger partial charge is 0.251 e. The first kappa shape index (κ1) is 19.6. The zero-order valence-corrected chi connectivity index (χ0v) is 16.2. The van der Waals surface area contributed by atoms with Gasteiger partial charge in [-0.1, -0.05) is 34.8 Å². The lowest BCUT2D eigenvalue weighted by Crippen LogP contribution is -2.32. The number of nitrogens with one attached hydrogen (secondary N) is 2. The maximum Gasteiger partial charge on any atom is 0.251 e. The van der Waals surface area contributed by atoms with Gasteiger partial charge in [0.1, 0.15) is 0 Å². The molecule has 0 bridgehead atoms. The summed E-state index contributed by atoms with van der Waals surface area (Å²) in [6, 6.07) is 7.64. The molecular weight excluding hydrogens is 415 g/mol. The molecule has 2 amide bonds. The molecule has 142 valence electrons. The molecule has 1 heterocycles. The van der Waals surface area contributed by atoms with Crippen molar-refractivity contribution in [3.63, 3.8) is 0 Å². The quantitative estimate of drug-likeness (QED) is 0.764. The monoisotopic (exact) mass is 428 g/mol. The molecule has 0 aliphatic carbocycles. The molecule has 0 fully saturated rings. The highest BCUT2D eigenvalue weighted by molar-refractivity contribution is 6.42. The van der Waals surface area contributed by atoms with Gasteiger partial charge < -0.3 is 20.1 Å². The summed E-state index contributed by atoms with van der Waals surface area (Å²) in [5.41, 5.74) is 0.667. The van der Waals surface area contributed by atoms with E-state index in [-0.39, 0.29) is 11.6 Å². The Morgan fingerprint density at radius 1 is 0.926 bits per heavy atom. The molecule has 3 rings (SSSR count). The van der Waals surface area contributed by atoms with E-state index in [1.54, 1.807) is 12.1 Å². The van der Waals surface area contributed by atoms with Gasteiger partial charge in [0.2, 0.25) is 5.91 Å². The number of fused-ring (bicyclic) bond motifs is 1. The van der Waals surface area contributed by atoms with E-state index >= 15 is 0 Å². The molecule has 27 heavy (non-hydrogen) atoms. The number of carbonyl (C=O) groups is 2. The maximum atomic E-state index is 12.2. The molecule has 2 aromatic carbocycles. The van der Waals surface area contributed by atoms with Crippen LogP contribution in [0.25, 0.3) is 0 Å². The average molecular weight is 430 g/mol. The fourth-order valence-electron chi connectivity index (χ4n) is 2.37. The van der Waals surface area contributed by atoms with Crippen LogP contribution in [0.4, 0.5) is 5.69 Å². The van der Waals surface area contributed by atoms with E-state index < -0.39 is 11.8 Å². The Bertz CT molecular complexity index is 889. The van der Waals surface area contributed by atoms with Crippen LogP contribution in [0.2, 0.25) is 15.1 Å². The van der Waals surface area contributed by atoms with Crippen molar-refractivity contribution in [3.8, 4) is 11.5 Å². The number of amides is 2. The topological polar surface area (TPSA) is 76.7 Å². The van der Waals surface area contributed by atoms with Crippen molar-refractivity contribution < 1.29 is 19.1 Å². The van der Waals surface area contributed by atoms with E-state index in [9.17, 15) is 9.59 Å². The number of carbonyl (C=O) groups excluding carboxylic acids is 2. The van der Waals surface area contributed by atoms with Gasteiger partial charge in [-0.2, -0.15) is 0 Å². The molecule has 0 saturated heterocycles. The van der Waals surface area contributed by atoms with Gasteiger partial charge in [-0.25, -0.2) is 0 Å². The molecule has 6 nitrogen and oxygen atoms in total. The number of benzene rings is 2. The van der Waals surface area contributed by atoms with Gasteiger partial charge in [-0.05, 0) is 18.2 Å². The summed E-state index contributed by atoms with van der Waals surface area (Å²) in [5, 5.41) is 6.05. The summed E-state index contributed by atoms with van der Waals surface area (Å²) < 4.78 is 11.1. The zero-order valence-electron chi connectivity index (χ0n) is 14.0. The first-order valence-electron chi connectivity index (χ1n) is 8.06. The van der Waals surface area contributed by atoms with Crippen LogP contribution >= 0.6 is 34.8 Å². The summed E-state index contributed by atoms with van der Waals surface area (Å²) in [6.45, 7) is 0.807. The maximum absolute atomic E-state index is 12.2. The van der Waals surface area contributed by atoms with Crippen molar-refractivity contribution in [1.29, 1.82) is 0 Å². The summed E-state index contributed by atoms with van der Waals surface area (Å²) in [5.74, 6) is 0.142. The first-order chi connectivity index (χ1) is 12.9. The van der Waals surface area contributed by atoms with Crippen LogP contribution in [0.5, 0.6) is 11.5 Å². The molecule has 0 spiro atoms. The SMILES string of the molecule is O=C(CNC(=O)c1ccc(Cl)c(Cl)c1)Nc1cc2c(cc1Cl)OCCCO2. The minimum Gasteiger partial charge on any atom is -0.490 e. The highest BCUT2D eigenvalue weighted by Crippen LogP contribution is 2.37. The minimum absolute atomic E-state index is 0.246. The van der Waals surface area contributed by atoms with Crippen molar-refractivity contribution in [2.45, 2.75) is 6.42 Å². The number of hydrogen-bond acceptors (Lipinski definition) is 4. The van der Waals surface area contributed by atoms with E-state index in [1.807, 2.05) is 0 Å². The van der Waals surface area contributed by atoms with Crippen LogP contribution in [-0.4, -0.2) is 31.6 Å². The lowest BCUT2D eigenvalue weighted by Gasteiger charge is -2.13. The number of anilines is 1. The highest BCUT2D eigenvalue weighted by Gasteiger charge is 2.16. The van der Waals surface area contributed by atoms with Gasteiger partial charge in [-0.3, -0.25) is 9.59 Å². The Morgan fingerprint density at radius 2 is 1.63 bits per heavy atom. The zero-order chi connectivity index (χ0) is 19.4. The molecule has 0 radical (unpaired) electrons. The first-order valence-corrected chi connectivity index (χ1v) is 9.19. The number of rotatable bonds is 4. The van der Waals surface area contributed by atoms with E-state index in [4.69, 9.17) is 44.3 Å². The molecular formula is C18H15Cl3N2O4. The third kappa shape index (κ3) is 4.97. The predicted molar refractivity (Wildman–Crippen MR) is 104 cm³/mol. The second-order valence-corrected chi connectivity index (χ2v) is 6.91. The summed E-state index contributed by atoms with van der Waals surface area (Å²) in [6.07, 6.45) is 0.759. The van der Waals surface area contributed by atoms with Gasteiger partial charge in [0, 0.05) is 24.1 Å². The van der Waals surface area contributed by atoms with Gasteiger partial charge >= 0.3 is 0 Å². The summed E-state index contributed by atoms with van der Waals surface area (Å²) >= 11 is 17.9. The van der Waals surface area contributed by atoms with E-state index in [0.29, 0.717) is 46.0 Å². The Kier molecular flexibility index (Phi) is 6.31. The molecule has 9 heteroatoms. The third-order valence-corrected chi connectivity index (χ3v) is 4.75. The number of halogens is 3. The molecule has 1 aliphatic rings. The van der Waals surface area contributed by atoms with Crippen LogP contribution in [-0.2, 0) is 4.79 Å². The summed E-state index contributed by atoms with van der Waals surface area (Å²) in [4.78, 5) is 24.3. The second-order valence-electron chi connectivity index (χ2n) is 5.69. The summed E-state index contributed by atoms with van der Waals surface area (Å²) in [7, 11) is 0. The highest BCUT2D eigenvalue weighted by atomic mass is 35.5. The number of ether oxygens (including phenoxy) is 2. The van der Waals surface area contributed by atoms with Crippen molar-refractivity contribution in [2.24, 2.45) is 0 Å². The Hall–Kier alpha value is -2.15. The van der Waals surface area contributed by atoms with Crippen LogP contribution in [0.15, 0.2) is 30.3 Å². The molecule has 2 N–H and O–H groups in total. The van der Waals surface area contributed by atoms with Gasteiger partial charge in [0.25, 0.3) is 5.91 Å². The third-order valence-electron chi connectivity index (χ3n) is 3.70. The minimum atomic E-state index is -0.450.